The molecule has 7 heteroatoms. The lowest BCUT2D eigenvalue weighted by molar-refractivity contribution is -0.149. The number of likely N-dealkylation sites (tertiary alicyclic amines) is 2. The maximum atomic E-state index is 14.2. The number of halogens is 1. The van der Waals surface area contributed by atoms with Crippen molar-refractivity contribution in [2.45, 2.75) is 89.5 Å². The van der Waals surface area contributed by atoms with Crippen LogP contribution in [-0.2, 0) is 24.2 Å². The van der Waals surface area contributed by atoms with Crippen LogP contribution < -0.4 is 0 Å². The molecule has 0 unspecified atom stereocenters. The highest BCUT2D eigenvalue weighted by Gasteiger charge is 2.45. The van der Waals surface area contributed by atoms with Crippen molar-refractivity contribution in [3.05, 3.63) is 52.6 Å². The van der Waals surface area contributed by atoms with Crippen LogP contribution in [0.25, 0.3) is 0 Å². The van der Waals surface area contributed by atoms with Gasteiger partial charge in [-0.1, -0.05) is 31.9 Å². The van der Waals surface area contributed by atoms with Gasteiger partial charge in [0.25, 0.3) is 0 Å². The van der Waals surface area contributed by atoms with Crippen molar-refractivity contribution in [3.63, 3.8) is 0 Å². The third-order valence-electron chi connectivity index (χ3n) is 10.4. The molecule has 1 saturated carbocycles. The number of hydrogen-bond donors (Lipinski definition) is 1. The van der Waals surface area contributed by atoms with Gasteiger partial charge in [0.1, 0.15) is 5.82 Å². The van der Waals surface area contributed by atoms with Gasteiger partial charge in [0.2, 0.25) is 0 Å². The molecule has 39 heavy (non-hydrogen) atoms. The maximum absolute atomic E-state index is 14.2. The molecule has 1 aromatic carbocycles. The Morgan fingerprint density at radius 3 is 2.59 bits per heavy atom. The number of carboxylic acid groups (broad SMARTS) is 1. The Morgan fingerprint density at radius 1 is 1.08 bits per heavy atom. The molecule has 2 atom stereocenters. The monoisotopic (exact) mass is 536 g/mol. The SMILES string of the molecule is CCc1nn2c(c1C1CCN(C[C@H]3CN(CC4(C(=O)O)CCCC4)C[C@@H]3c3cccc(F)c3)CC1)CCCC2. The zero-order chi connectivity index (χ0) is 27.0. The zero-order valence-corrected chi connectivity index (χ0v) is 23.6. The topological polar surface area (TPSA) is 61.6 Å². The van der Waals surface area contributed by atoms with E-state index in [0.29, 0.717) is 18.4 Å². The Bertz CT molecular complexity index is 1160. The Hall–Kier alpha value is -2.25. The summed E-state index contributed by atoms with van der Waals surface area (Å²) in [5.41, 5.74) is 4.85. The van der Waals surface area contributed by atoms with Crippen molar-refractivity contribution in [2.24, 2.45) is 11.3 Å². The summed E-state index contributed by atoms with van der Waals surface area (Å²) in [5, 5.41) is 15.1. The highest BCUT2D eigenvalue weighted by atomic mass is 19.1. The first kappa shape index (κ1) is 26.9. The van der Waals surface area contributed by atoms with Gasteiger partial charge < -0.3 is 14.9 Å². The molecular formula is C32H45FN4O2. The molecule has 4 aliphatic rings. The van der Waals surface area contributed by atoms with Gasteiger partial charge in [-0.05, 0) is 99.6 Å². The standard InChI is InChI=1S/C32H45FN4O2/c1-2-28-30(29-10-3-6-15-37(29)34-28)23-11-16-35(17-12-23)19-25-20-36(22-32(31(38)39)13-4-5-14-32)21-27(25)24-8-7-9-26(33)18-24/h7-9,18,23,25,27H,2-6,10-17,19-22H2,1H3,(H,38,39)/t25-,27+/m0/s1. The molecule has 2 aromatic rings. The van der Waals surface area contributed by atoms with Crippen molar-refractivity contribution < 1.29 is 14.3 Å². The summed E-state index contributed by atoms with van der Waals surface area (Å²) < 4.78 is 16.5. The van der Waals surface area contributed by atoms with Gasteiger partial charge in [-0.2, -0.15) is 5.10 Å². The van der Waals surface area contributed by atoms with Crippen LogP contribution in [0, 0.1) is 17.2 Å². The van der Waals surface area contributed by atoms with Crippen LogP contribution in [-0.4, -0.2) is 69.9 Å². The van der Waals surface area contributed by atoms with Gasteiger partial charge in [0, 0.05) is 44.3 Å². The van der Waals surface area contributed by atoms with Crippen LogP contribution in [0.3, 0.4) is 0 Å². The fourth-order valence-electron chi connectivity index (χ4n) is 8.35. The molecule has 0 spiro atoms. The number of aromatic nitrogens is 2. The molecular weight excluding hydrogens is 491 g/mol. The predicted octanol–water partition coefficient (Wildman–Crippen LogP) is 5.46. The lowest BCUT2D eigenvalue weighted by Gasteiger charge is -2.35. The third kappa shape index (κ3) is 5.41. The molecule has 6 nitrogen and oxygen atoms in total. The second-order valence-electron chi connectivity index (χ2n) is 12.8. The Morgan fingerprint density at radius 2 is 1.87 bits per heavy atom. The van der Waals surface area contributed by atoms with Gasteiger partial charge in [-0.15, -0.1) is 0 Å². The van der Waals surface area contributed by atoms with E-state index in [1.165, 1.54) is 49.6 Å². The maximum Gasteiger partial charge on any atom is 0.310 e. The minimum absolute atomic E-state index is 0.181. The molecule has 0 bridgehead atoms. The van der Waals surface area contributed by atoms with E-state index in [1.54, 1.807) is 11.6 Å². The van der Waals surface area contributed by atoms with Crippen molar-refractivity contribution in [3.8, 4) is 0 Å². The Labute approximate surface area is 232 Å². The first-order valence-corrected chi connectivity index (χ1v) is 15.5. The fraction of sp³-hybridized carbons (Fsp3) is 0.688. The van der Waals surface area contributed by atoms with Crippen molar-refractivity contribution in [1.82, 2.24) is 19.6 Å². The number of fused-ring (bicyclic) bond motifs is 1. The first-order valence-electron chi connectivity index (χ1n) is 15.5. The summed E-state index contributed by atoms with van der Waals surface area (Å²) in [6.45, 7) is 8.83. The van der Waals surface area contributed by atoms with Crippen molar-refractivity contribution in [2.75, 3.05) is 39.3 Å². The van der Waals surface area contributed by atoms with Crippen LogP contribution in [0.1, 0.15) is 92.6 Å². The van der Waals surface area contributed by atoms with E-state index in [0.717, 1.165) is 76.9 Å². The van der Waals surface area contributed by atoms with Crippen molar-refractivity contribution >= 4 is 5.97 Å². The highest BCUT2D eigenvalue weighted by Crippen LogP contribution is 2.43. The number of hydrogen-bond acceptors (Lipinski definition) is 4. The smallest absolute Gasteiger partial charge is 0.310 e. The fourth-order valence-corrected chi connectivity index (χ4v) is 8.35. The lowest BCUT2D eigenvalue weighted by Crippen LogP contribution is -2.41. The van der Waals surface area contributed by atoms with E-state index in [2.05, 4.69) is 27.5 Å². The second kappa shape index (κ2) is 11.3. The van der Waals surface area contributed by atoms with Gasteiger partial charge >= 0.3 is 5.97 Å². The molecule has 2 saturated heterocycles. The van der Waals surface area contributed by atoms with E-state index >= 15 is 0 Å². The summed E-state index contributed by atoms with van der Waals surface area (Å²) in [4.78, 5) is 17.3. The summed E-state index contributed by atoms with van der Waals surface area (Å²) in [7, 11) is 0. The minimum atomic E-state index is -0.637. The molecule has 0 amide bonds. The lowest BCUT2D eigenvalue weighted by atomic mass is 9.84. The predicted molar refractivity (Wildman–Crippen MR) is 151 cm³/mol. The quantitative estimate of drug-likeness (QED) is 0.485. The van der Waals surface area contributed by atoms with E-state index < -0.39 is 11.4 Å². The molecule has 3 aliphatic heterocycles. The average molecular weight is 537 g/mol. The van der Waals surface area contributed by atoms with Crippen LogP contribution >= 0.6 is 0 Å². The zero-order valence-electron chi connectivity index (χ0n) is 23.6. The van der Waals surface area contributed by atoms with E-state index in [1.807, 2.05) is 6.07 Å². The van der Waals surface area contributed by atoms with E-state index in [-0.39, 0.29) is 11.7 Å². The van der Waals surface area contributed by atoms with Gasteiger partial charge in [0.15, 0.2) is 0 Å². The van der Waals surface area contributed by atoms with Crippen molar-refractivity contribution in [1.29, 1.82) is 0 Å². The Kier molecular flexibility index (Phi) is 7.82. The van der Waals surface area contributed by atoms with E-state index in [9.17, 15) is 14.3 Å². The molecule has 1 aliphatic carbocycles. The molecule has 3 fully saturated rings. The number of aryl methyl sites for hydroxylation is 2. The minimum Gasteiger partial charge on any atom is -0.481 e. The first-order chi connectivity index (χ1) is 19.0. The number of benzene rings is 1. The second-order valence-corrected chi connectivity index (χ2v) is 12.8. The molecule has 212 valence electrons. The van der Waals surface area contributed by atoms with Crippen LogP contribution in [0.2, 0.25) is 0 Å². The van der Waals surface area contributed by atoms with E-state index in [4.69, 9.17) is 5.10 Å². The normalized spacial score (nSPS) is 26.2. The van der Waals surface area contributed by atoms with Crippen LogP contribution in [0.15, 0.2) is 24.3 Å². The van der Waals surface area contributed by atoms with Crippen LogP contribution in [0.4, 0.5) is 4.39 Å². The number of nitrogens with zero attached hydrogens (tertiary/aromatic N) is 4. The number of carbonyl (C=O) groups is 1. The average Bonchev–Trinajstić information content (AvgIpc) is 3.67. The molecule has 1 N–H and O–H groups in total. The summed E-state index contributed by atoms with van der Waals surface area (Å²) in [6.07, 6.45) is 10.6. The number of rotatable bonds is 8. The van der Waals surface area contributed by atoms with Gasteiger partial charge in [-0.3, -0.25) is 9.48 Å². The van der Waals surface area contributed by atoms with Gasteiger partial charge in [-0.25, -0.2) is 4.39 Å². The largest absolute Gasteiger partial charge is 0.481 e. The summed E-state index contributed by atoms with van der Waals surface area (Å²) in [5.74, 6) is 0.405. The third-order valence-corrected chi connectivity index (χ3v) is 10.4. The molecule has 1 aromatic heterocycles. The van der Waals surface area contributed by atoms with Gasteiger partial charge in [0.05, 0.1) is 11.1 Å². The molecule has 0 radical (unpaired) electrons. The highest BCUT2D eigenvalue weighted by molar-refractivity contribution is 5.75. The number of aliphatic carboxylic acids is 1. The summed E-state index contributed by atoms with van der Waals surface area (Å²) >= 11 is 0. The number of carboxylic acids is 1. The number of piperidine rings is 1. The Balaban J connectivity index is 1.15. The van der Waals surface area contributed by atoms with Crippen LogP contribution in [0.5, 0.6) is 0 Å². The molecule has 4 heterocycles. The summed E-state index contributed by atoms with van der Waals surface area (Å²) in [6, 6.07) is 7.11. The molecule has 6 rings (SSSR count).